The van der Waals surface area contributed by atoms with Crippen LogP contribution in [0.2, 0.25) is 10.0 Å². The van der Waals surface area contributed by atoms with Crippen molar-refractivity contribution in [2.24, 2.45) is 5.92 Å². The van der Waals surface area contributed by atoms with Gasteiger partial charge in [-0.15, -0.1) is 0 Å². The minimum Gasteiger partial charge on any atom is -0.361 e. The van der Waals surface area contributed by atoms with Gasteiger partial charge in [0, 0.05) is 51.7 Å². The summed E-state index contributed by atoms with van der Waals surface area (Å²) in [6.07, 6.45) is 2.63. The zero-order chi connectivity index (χ0) is 20.3. The van der Waals surface area contributed by atoms with E-state index in [2.05, 4.69) is 4.98 Å². The first-order valence-corrected chi connectivity index (χ1v) is 11.5. The van der Waals surface area contributed by atoms with E-state index in [4.69, 9.17) is 23.2 Å². The van der Waals surface area contributed by atoms with Gasteiger partial charge in [-0.05, 0) is 28.8 Å². The highest BCUT2D eigenvalue weighted by Gasteiger charge is 2.61. The second kappa shape index (κ2) is 6.71. The number of benzene rings is 2. The molecule has 2 unspecified atom stereocenters. The number of H-pyrrole nitrogens is 1. The standard InChI is InChI=1S/C20H17Cl2F2NO2S/c1-28(26,27)10-11-3-2-4-13-15(9-25-19(11)13)18(16-8-20(16,23)24)14-6-5-12(21)7-17(14)22/h2-7,9,16,18,25H,8,10H2,1H3. The molecule has 1 saturated carbocycles. The maximum atomic E-state index is 14.1. The maximum absolute atomic E-state index is 14.1. The van der Waals surface area contributed by atoms with E-state index in [-0.39, 0.29) is 12.2 Å². The largest absolute Gasteiger partial charge is 0.361 e. The normalized spacial score (nSPS) is 19.7. The first-order chi connectivity index (χ1) is 13.1. The summed E-state index contributed by atoms with van der Waals surface area (Å²) in [5, 5.41) is 1.49. The van der Waals surface area contributed by atoms with E-state index >= 15 is 0 Å². The molecule has 148 valence electrons. The van der Waals surface area contributed by atoms with Gasteiger partial charge in [-0.1, -0.05) is 47.5 Å². The van der Waals surface area contributed by atoms with Crippen molar-refractivity contribution in [2.75, 3.05) is 6.26 Å². The number of aromatic amines is 1. The van der Waals surface area contributed by atoms with Crippen molar-refractivity contribution in [2.45, 2.75) is 24.0 Å². The summed E-state index contributed by atoms with van der Waals surface area (Å²) in [6.45, 7) is 0. The van der Waals surface area contributed by atoms with Crippen molar-refractivity contribution >= 4 is 43.9 Å². The molecule has 0 saturated heterocycles. The second-order valence-corrected chi connectivity index (χ2v) is 10.4. The number of hydrogen-bond acceptors (Lipinski definition) is 2. The predicted octanol–water partition coefficient (Wildman–Crippen LogP) is 5.81. The lowest BCUT2D eigenvalue weighted by molar-refractivity contribution is 0.0955. The third-order valence-corrected chi connectivity index (χ3v) is 6.56. The molecule has 8 heteroatoms. The van der Waals surface area contributed by atoms with Gasteiger partial charge in [-0.3, -0.25) is 0 Å². The number of fused-ring (bicyclic) bond motifs is 1. The first kappa shape index (κ1) is 19.7. The maximum Gasteiger partial charge on any atom is 0.252 e. The number of nitrogens with one attached hydrogen (secondary N) is 1. The van der Waals surface area contributed by atoms with E-state index in [0.717, 1.165) is 11.6 Å². The highest BCUT2D eigenvalue weighted by atomic mass is 35.5. The van der Waals surface area contributed by atoms with Crippen LogP contribution in [0.25, 0.3) is 10.9 Å². The Hall–Kier alpha value is -1.63. The van der Waals surface area contributed by atoms with Crippen LogP contribution < -0.4 is 0 Å². The zero-order valence-electron chi connectivity index (χ0n) is 14.8. The summed E-state index contributed by atoms with van der Waals surface area (Å²) < 4.78 is 51.6. The molecule has 1 aromatic heterocycles. The summed E-state index contributed by atoms with van der Waals surface area (Å²) >= 11 is 12.3. The topological polar surface area (TPSA) is 49.9 Å². The molecule has 2 atom stereocenters. The van der Waals surface area contributed by atoms with Crippen molar-refractivity contribution in [1.29, 1.82) is 0 Å². The van der Waals surface area contributed by atoms with Crippen molar-refractivity contribution in [3.8, 4) is 0 Å². The molecule has 0 aliphatic heterocycles. The van der Waals surface area contributed by atoms with Crippen LogP contribution in [0.3, 0.4) is 0 Å². The number of halogens is 4. The van der Waals surface area contributed by atoms with Crippen LogP contribution in [-0.4, -0.2) is 25.6 Å². The molecule has 0 spiro atoms. The Morgan fingerprint density at radius 3 is 2.54 bits per heavy atom. The number of rotatable bonds is 5. The van der Waals surface area contributed by atoms with Gasteiger partial charge in [0.25, 0.3) is 5.92 Å². The van der Waals surface area contributed by atoms with Crippen LogP contribution in [0.1, 0.15) is 29.0 Å². The van der Waals surface area contributed by atoms with Crippen LogP contribution in [0.4, 0.5) is 8.78 Å². The average molecular weight is 444 g/mol. The Labute approximate surface area is 171 Å². The van der Waals surface area contributed by atoms with Gasteiger partial charge in [0.1, 0.15) is 0 Å². The van der Waals surface area contributed by atoms with Crippen LogP contribution in [0.5, 0.6) is 0 Å². The van der Waals surface area contributed by atoms with Crippen LogP contribution in [0, 0.1) is 5.92 Å². The second-order valence-electron chi connectivity index (χ2n) is 7.37. The lowest BCUT2D eigenvalue weighted by Gasteiger charge is -2.19. The van der Waals surface area contributed by atoms with Gasteiger partial charge in [0.2, 0.25) is 0 Å². The van der Waals surface area contributed by atoms with Gasteiger partial charge in [-0.25, -0.2) is 17.2 Å². The molecular weight excluding hydrogens is 427 g/mol. The minimum absolute atomic E-state index is 0.129. The monoisotopic (exact) mass is 443 g/mol. The Bertz CT molecular complexity index is 1170. The van der Waals surface area contributed by atoms with Crippen molar-refractivity contribution in [3.05, 3.63) is 69.3 Å². The molecule has 0 radical (unpaired) electrons. The molecular formula is C20H17Cl2F2NO2S. The fraction of sp³-hybridized carbons (Fsp3) is 0.300. The Balaban J connectivity index is 1.88. The zero-order valence-corrected chi connectivity index (χ0v) is 17.2. The third-order valence-electron chi connectivity index (χ3n) is 5.16. The van der Waals surface area contributed by atoms with Gasteiger partial charge in [-0.2, -0.15) is 0 Å². The van der Waals surface area contributed by atoms with Crippen LogP contribution in [-0.2, 0) is 15.6 Å². The molecule has 0 amide bonds. The molecule has 4 rings (SSSR count). The first-order valence-electron chi connectivity index (χ1n) is 8.66. The van der Waals surface area contributed by atoms with Gasteiger partial charge in [0.15, 0.2) is 9.84 Å². The third kappa shape index (κ3) is 3.65. The number of sulfone groups is 1. The van der Waals surface area contributed by atoms with Crippen LogP contribution >= 0.6 is 23.2 Å². The van der Waals surface area contributed by atoms with Gasteiger partial charge >= 0.3 is 0 Å². The van der Waals surface area contributed by atoms with E-state index in [1.807, 2.05) is 6.07 Å². The fourth-order valence-electron chi connectivity index (χ4n) is 3.85. The molecule has 1 heterocycles. The summed E-state index contributed by atoms with van der Waals surface area (Å²) in [4.78, 5) is 3.09. The van der Waals surface area contributed by atoms with E-state index in [9.17, 15) is 17.2 Å². The summed E-state index contributed by atoms with van der Waals surface area (Å²) in [5.74, 6) is -4.39. The van der Waals surface area contributed by atoms with E-state index in [0.29, 0.717) is 32.3 Å². The molecule has 1 fully saturated rings. The number of para-hydroxylation sites is 1. The number of alkyl halides is 2. The number of hydrogen-bond donors (Lipinski definition) is 1. The minimum atomic E-state index is -3.24. The highest BCUT2D eigenvalue weighted by Crippen LogP contribution is 2.59. The average Bonchev–Trinajstić information content (AvgIpc) is 2.99. The number of aromatic nitrogens is 1. The Morgan fingerprint density at radius 2 is 1.93 bits per heavy atom. The summed E-state index contributed by atoms with van der Waals surface area (Å²) in [5.41, 5.74) is 2.51. The quantitative estimate of drug-likeness (QED) is 0.540. The molecule has 0 bridgehead atoms. The predicted molar refractivity (Wildman–Crippen MR) is 108 cm³/mol. The fourth-order valence-corrected chi connectivity index (χ4v) is 5.18. The SMILES string of the molecule is CS(=O)(=O)Cc1cccc2c(C(c3ccc(Cl)cc3Cl)C3CC3(F)F)c[nH]c12. The molecule has 3 aromatic rings. The molecule has 1 N–H and O–H groups in total. The van der Waals surface area contributed by atoms with Crippen molar-refractivity contribution < 1.29 is 17.2 Å². The van der Waals surface area contributed by atoms with Gasteiger partial charge in [0.05, 0.1) is 5.75 Å². The lowest BCUT2D eigenvalue weighted by atomic mass is 9.86. The van der Waals surface area contributed by atoms with E-state index < -0.39 is 27.6 Å². The lowest BCUT2D eigenvalue weighted by Crippen LogP contribution is -2.09. The summed E-state index contributed by atoms with van der Waals surface area (Å²) in [7, 11) is -3.24. The van der Waals surface area contributed by atoms with E-state index in [1.165, 1.54) is 0 Å². The Kier molecular flexibility index (Phi) is 4.72. The summed E-state index contributed by atoms with van der Waals surface area (Å²) in [6, 6.07) is 10.1. The highest BCUT2D eigenvalue weighted by molar-refractivity contribution is 7.89. The van der Waals surface area contributed by atoms with Crippen molar-refractivity contribution in [3.63, 3.8) is 0 Å². The van der Waals surface area contributed by atoms with Crippen molar-refractivity contribution in [1.82, 2.24) is 4.98 Å². The molecule has 1 aliphatic carbocycles. The van der Waals surface area contributed by atoms with E-state index in [1.54, 1.807) is 36.5 Å². The molecule has 28 heavy (non-hydrogen) atoms. The molecule has 2 aromatic carbocycles. The smallest absolute Gasteiger partial charge is 0.252 e. The van der Waals surface area contributed by atoms with Crippen LogP contribution in [0.15, 0.2) is 42.6 Å². The molecule has 1 aliphatic rings. The van der Waals surface area contributed by atoms with Gasteiger partial charge < -0.3 is 4.98 Å². The Morgan fingerprint density at radius 1 is 1.21 bits per heavy atom. The molecule has 3 nitrogen and oxygen atoms in total.